The molecule has 0 saturated heterocycles. The number of nitrogens with zero attached hydrogens (tertiary/aromatic N) is 4. The van der Waals surface area contributed by atoms with Crippen molar-refractivity contribution in [3.63, 3.8) is 0 Å². The van der Waals surface area contributed by atoms with E-state index in [-0.39, 0.29) is 11.9 Å². The summed E-state index contributed by atoms with van der Waals surface area (Å²) in [6.07, 6.45) is 2.34. The van der Waals surface area contributed by atoms with E-state index in [2.05, 4.69) is 57.0 Å². The molecule has 0 fully saturated rings. The molecule has 7 nitrogen and oxygen atoms in total. The fraction of sp³-hybridized carbons (Fsp3) is 0.409. The van der Waals surface area contributed by atoms with Gasteiger partial charge >= 0.3 is 0 Å². The number of carbonyl (C=O) groups excluding carboxylic acids is 1. The van der Waals surface area contributed by atoms with E-state index >= 15 is 0 Å². The van der Waals surface area contributed by atoms with Gasteiger partial charge in [0.25, 0.3) is 5.91 Å². The molecule has 7 heteroatoms. The molecular formula is C22H27N5O2. The van der Waals surface area contributed by atoms with Crippen molar-refractivity contribution in [2.45, 2.75) is 46.3 Å². The number of carbonyl (C=O) groups is 1. The quantitative estimate of drug-likeness (QED) is 0.721. The van der Waals surface area contributed by atoms with Crippen molar-refractivity contribution < 1.29 is 9.21 Å². The summed E-state index contributed by atoms with van der Waals surface area (Å²) in [6, 6.07) is 9.73. The second-order valence-electron chi connectivity index (χ2n) is 7.75. The van der Waals surface area contributed by atoms with Crippen LogP contribution in [0.3, 0.4) is 0 Å². The van der Waals surface area contributed by atoms with E-state index in [4.69, 9.17) is 4.42 Å². The number of hydrogen-bond acceptors (Lipinski definition) is 5. The average molecular weight is 393 g/mol. The third-order valence-electron chi connectivity index (χ3n) is 5.53. The zero-order valence-electron chi connectivity index (χ0n) is 17.2. The van der Waals surface area contributed by atoms with Crippen molar-refractivity contribution in [2.24, 2.45) is 0 Å². The van der Waals surface area contributed by atoms with Crippen LogP contribution in [0.5, 0.6) is 0 Å². The van der Waals surface area contributed by atoms with Gasteiger partial charge in [-0.15, -0.1) is 10.2 Å². The molecular weight excluding hydrogens is 366 g/mol. The summed E-state index contributed by atoms with van der Waals surface area (Å²) in [5.41, 5.74) is 4.00. The van der Waals surface area contributed by atoms with Gasteiger partial charge in [-0.2, -0.15) is 0 Å². The van der Waals surface area contributed by atoms with Crippen LogP contribution in [-0.4, -0.2) is 38.7 Å². The highest BCUT2D eigenvalue weighted by Crippen LogP contribution is 2.19. The Bertz CT molecular complexity index is 993. The van der Waals surface area contributed by atoms with Gasteiger partial charge in [0.05, 0.1) is 12.3 Å². The molecule has 1 aliphatic rings. The second-order valence-corrected chi connectivity index (χ2v) is 7.75. The van der Waals surface area contributed by atoms with Crippen molar-refractivity contribution in [2.75, 3.05) is 13.1 Å². The van der Waals surface area contributed by atoms with Gasteiger partial charge in [0.2, 0.25) is 0 Å². The van der Waals surface area contributed by atoms with E-state index in [1.165, 1.54) is 23.0 Å². The minimum absolute atomic E-state index is 0.245. The van der Waals surface area contributed by atoms with Crippen LogP contribution in [0.1, 0.15) is 51.9 Å². The van der Waals surface area contributed by atoms with Gasteiger partial charge in [-0.05, 0) is 44.0 Å². The first-order valence-corrected chi connectivity index (χ1v) is 10.1. The largest absolute Gasteiger partial charge is 0.459 e. The Morgan fingerprint density at radius 1 is 1.21 bits per heavy atom. The van der Waals surface area contributed by atoms with E-state index in [9.17, 15) is 4.79 Å². The minimum Gasteiger partial charge on any atom is -0.459 e. The molecule has 1 atom stereocenters. The molecule has 0 aliphatic carbocycles. The van der Waals surface area contributed by atoms with Crippen LogP contribution in [0.2, 0.25) is 0 Å². The topological polar surface area (TPSA) is 76.2 Å². The third-order valence-corrected chi connectivity index (χ3v) is 5.53. The lowest BCUT2D eigenvalue weighted by Gasteiger charge is -2.21. The monoisotopic (exact) mass is 393 g/mol. The molecule has 1 amide bonds. The Labute approximate surface area is 170 Å². The molecule has 0 radical (unpaired) electrons. The van der Waals surface area contributed by atoms with E-state index in [0.29, 0.717) is 5.76 Å². The van der Waals surface area contributed by atoms with Crippen molar-refractivity contribution in [3.8, 4) is 0 Å². The zero-order chi connectivity index (χ0) is 20.4. The number of benzene rings is 1. The third kappa shape index (κ3) is 4.24. The first-order valence-electron chi connectivity index (χ1n) is 10.1. The molecule has 1 aromatic carbocycles. The molecule has 1 N–H and O–H groups in total. The second kappa shape index (κ2) is 8.21. The molecule has 29 heavy (non-hydrogen) atoms. The predicted molar refractivity (Wildman–Crippen MR) is 110 cm³/mol. The van der Waals surface area contributed by atoms with E-state index in [1.807, 2.05) is 6.92 Å². The number of amides is 1. The first kappa shape index (κ1) is 19.4. The van der Waals surface area contributed by atoms with E-state index in [0.717, 1.165) is 44.2 Å². The van der Waals surface area contributed by atoms with Gasteiger partial charge in [-0.1, -0.05) is 23.8 Å². The summed E-state index contributed by atoms with van der Waals surface area (Å²) in [5.74, 6) is 1.81. The standard InChI is InChI=1S/C22H27N5O2/c1-15-6-7-16(2)18(13-15)14-26-9-8-20-24-25-21(27(20)11-10-26)17(3)23-22(28)19-5-4-12-29-19/h4-7,12-13,17H,8-11,14H2,1-3H3,(H,23,28)/t17-/m0/s1. The first-order chi connectivity index (χ1) is 14.0. The fourth-order valence-electron chi connectivity index (χ4n) is 3.82. The van der Waals surface area contributed by atoms with E-state index in [1.54, 1.807) is 12.1 Å². The van der Waals surface area contributed by atoms with Crippen molar-refractivity contribution in [1.82, 2.24) is 25.0 Å². The molecule has 4 rings (SSSR count). The number of aryl methyl sites for hydroxylation is 2. The number of nitrogens with one attached hydrogen (secondary N) is 1. The molecule has 0 bridgehead atoms. The van der Waals surface area contributed by atoms with Gasteiger partial charge in [-0.25, -0.2) is 0 Å². The predicted octanol–water partition coefficient (Wildman–Crippen LogP) is 3.04. The maximum atomic E-state index is 12.3. The lowest BCUT2D eigenvalue weighted by atomic mass is 10.1. The average Bonchev–Trinajstić information content (AvgIpc) is 3.33. The van der Waals surface area contributed by atoms with Crippen LogP contribution in [0.4, 0.5) is 0 Å². The normalized spacial score (nSPS) is 15.6. The summed E-state index contributed by atoms with van der Waals surface area (Å²) < 4.78 is 7.32. The Hall–Kier alpha value is -2.93. The van der Waals surface area contributed by atoms with Gasteiger partial charge in [0.15, 0.2) is 11.6 Å². The summed E-state index contributed by atoms with van der Waals surface area (Å²) in [6.45, 7) is 9.84. The lowest BCUT2D eigenvalue weighted by molar-refractivity contribution is 0.0909. The Kier molecular flexibility index (Phi) is 5.49. The molecule has 3 aromatic rings. The van der Waals surface area contributed by atoms with Crippen LogP contribution >= 0.6 is 0 Å². The van der Waals surface area contributed by atoms with E-state index < -0.39 is 0 Å². The van der Waals surface area contributed by atoms with Gasteiger partial charge in [0.1, 0.15) is 5.82 Å². The van der Waals surface area contributed by atoms with Crippen molar-refractivity contribution >= 4 is 5.91 Å². The maximum absolute atomic E-state index is 12.3. The molecule has 0 unspecified atom stereocenters. The van der Waals surface area contributed by atoms with Gasteiger partial charge in [0, 0.05) is 32.6 Å². The lowest BCUT2D eigenvalue weighted by Crippen LogP contribution is -2.30. The van der Waals surface area contributed by atoms with Crippen LogP contribution in [0.25, 0.3) is 0 Å². The summed E-state index contributed by atoms with van der Waals surface area (Å²) >= 11 is 0. The molecule has 0 spiro atoms. The Morgan fingerprint density at radius 2 is 2.07 bits per heavy atom. The van der Waals surface area contributed by atoms with Crippen LogP contribution in [0.15, 0.2) is 41.0 Å². The molecule has 0 saturated carbocycles. The van der Waals surface area contributed by atoms with Gasteiger partial charge in [-0.3, -0.25) is 9.69 Å². The smallest absolute Gasteiger partial charge is 0.287 e. The summed E-state index contributed by atoms with van der Waals surface area (Å²) in [7, 11) is 0. The molecule has 3 heterocycles. The molecule has 2 aromatic heterocycles. The van der Waals surface area contributed by atoms with Crippen molar-refractivity contribution in [3.05, 3.63) is 70.7 Å². The highest BCUT2D eigenvalue weighted by molar-refractivity contribution is 5.91. The van der Waals surface area contributed by atoms with Crippen molar-refractivity contribution in [1.29, 1.82) is 0 Å². The van der Waals surface area contributed by atoms with Gasteiger partial charge < -0.3 is 14.3 Å². The number of furan rings is 1. The fourth-order valence-corrected chi connectivity index (χ4v) is 3.82. The Balaban J connectivity index is 1.44. The highest BCUT2D eigenvalue weighted by atomic mass is 16.3. The number of fused-ring (bicyclic) bond motifs is 1. The SMILES string of the molecule is Cc1ccc(C)c(CN2CCc3nnc([C@H](C)NC(=O)c4ccco4)n3CC2)c1. The molecule has 152 valence electrons. The minimum atomic E-state index is -0.251. The summed E-state index contributed by atoms with van der Waals surface area (Å²) in [4.78, 5) is 14.8. The maximum Gasteiger partial charge on any atom is 0.287 e. The van der Waals surface area contributed by atoms with Crippen LogP contribution in [-0.2, 0) is 19.5 Å². The number of aromatic nitrogens is 3. The Morgan fingerprint density at radius 3 is 2.86 bits per heavy atom. The highest BCUT2D eigenvalue weighted by Gasteiger charge is 2.23. The zero-order valence-corrected chi connectivity index (χ0v) is 17.2. The van der Waals surface area contributed by atoms with Crippen LogP contribution < -0.4 is 5.32 Å². The summed E-state index contributed by atoms with van der Waals surface area (Å²) in [5, 5.41) is 11.7. The number of rotatable bonds is 5. The number of hydrogen-bond donors (Lipinski definition) is 1. The molecule has 1 aliphatic heterocycles. The van der Waals surface area contributed by atoms with Crippen LogP contribution in [0, 0.1) is 13.8 Å².